The Morgan fingerprint density at radius 2 is 1.87 bits per heavy atom. The second-order valence-electron chi connectivity index (χ2n) is 7.81. The van der Waals surface area contributed by atoms with E-state index in [4.69, 9.17) is 4.98 Å². The first kappa shape index (κ1) is 17.6. The van der Waals surface area contributed by atoms with Crippen LogP contribution in [0.5, 0.6) is 0 Å². The van der Waals surface area contributed by atoms with Crippen LogP contribution in [-0.4, -0.2) is 15.3 Å². The lowest BCUT2D eigenvalue weighted by atomic mass is 9.78. The number of allylic oxidation sites excluding steroid dienone is 2. The van der Waals surface area contributed by atoms with Crippen LogP contribution in [0.2, 0.25) is 0 Å². The normalized spacial score (nSPS) is 20.8. The number of carbonyl (C=O) groups excluding carboxylic acids is 1. The molecule has 148 valence electrons. The molecule has 3 heterocycles. The molecule has 1 N–H and O–H groups in total. The summed E-state index contributed by atoms with van der Waals surface area (Å²) in [6.45, 7) is 0. The number of halogens is 1. The number of nitrogens with one attached hydrogen (secondary N) is 1. The van der Waals surface area contributed by atoms with E-state index >= 15 is 0 Å². The van der Waals surface area contributed by atoms with Crippen LogP contribution in [0.4, 0.5) is 10.3 Å². The van der Waals surface area contributed by atoms with E-state index in [1.807, 2.05) is 35.7 Å². The summed E-state index contributed by atoms with van der Waals surface area (Å²) in [7, 11) is 0. The van der Waals surface area contributed by atoms with Gasteiger partial charge in [-0.25, -0.2) is 9.37 Å². The molecule has 2 aliphatic rings. The number of ketones is 1. The van der Waals surface area contributed by atoms with E-state index < -0.39 is 0 Å². The van der Waals surface area contributed by atoms with E-state index in [0.29, 0.717) is 12.8 Å². The van der Waals surface area contributed by atoms with Crippen molar-refractivity contribution in [2.75, 3.05) is 5.32 Å². The van der Waals surface area contributed by atoms with Gasteiger partial charge in [0.1, 0.15) is 11.9 Å². The molecule has 4 aromatic rings. The zero-order chi connectivity index (χ0) is 20.2. The Morgan fingerprint density at radius 3 is 2.67 bits per heavy atom. The Morgan fingerprint density at radius 1 is 1.03 bits per heavy atom. The van der Waals surface area contributed by atoms with E-state index in [2.05, 4.69) is 16.0 Å². The Hall–Kier alpha value is -3.25. The highest BCUT2D eigenvalue weighted by atomic mass is 32.1. The van der Waals surface area contributed by atoms with Gasteiger partial charge in [0.05, 0.1) is 11.0 Å². The lowest BCUT2D eigenvalue weighted by Gasteiger charge is -2.35. The van der Waals surface area contributed by atoms with E-state index in [-0.39, 0.29) is 23.6 Å². The smallest absolute Gasteiger partial charge is 0.209 e. The zero-order valence-electron chi connectivity index (χ0n) is 16.0. The van der Waals surface area contributed by atoms with Crippen LogP contribution in [0.1, 0.15) is 35.2 Å². The van der Waals surface area contributed by atoms with Gasteiger partial charge in [-0.1, -0.05) is 30.3 Å². The number of nitrogens with zero attached hydrogens (tertiary/aromatic N) is 2. The van der Waals surface area contributed by atoms with Gasteiger partial charge in [-0.15, -0.1) is 11.3 Å². The fraction of sp³-hybridized carbons (Fsp3) is 0.167. The van der Waals surface area contributed by atoms with Crippen LogP contribution in [0.25, 0.3) is 11.0 Å². The Balaban J connectivity index is 1.50. The van der Waals surface area contributed by atoms with Gasteiger partial charge in [-0.2, -0.15) is 0 Å². The maximum absolute atomic E-state index is 13.5. The number of hydrogen-bond donors (Lipinski definition) is 1. The molecule has 4 nitrogen and oxygen atoms in total. The van der Waals surface area contributed by atoms with Crippen LogP contribution >= 0.6 is 11.3 Å². The standard InChI is InChI=1S/C24H18FN3OS/c25-16-9-7-14(8-10-16)15-12-18-22(20(29)13-15)23(21-6-3-11-30-21)28-19-5-2-1-4-17(19)26-24(28)27-18/h1-11,15,23H,12-13H2,(H,26,27)/t15-,23-/m0/s1. The number of anilines is 1. The lowest BCUT2D eigenvalue weighted by molar-refractivity contribution is -0.116. The molecule has 0 fully saturated rings. The van der Waals surface area contributed by atoms with Crippen LogP contribution in [-0.2, 0) is 4.79 Å². The van der Waals surface area contributed by atoms with E-state index in [1.165, 1.54) is 12.1 Å². The first-order valence-electron chi connectivity index (χ1n) is 9.98. The van der Waals surface area contributed by atoms with Crippen molar-refractivity contribution in [2.45, 2.75) is 24.8 Å². The summed E-state index contributed by atoms with van der Waals surface area (Å²) < 4.78 is 15.5. The highest BCUT2D eigenvalue weighted by molar-refractivity contribution is 7.10. The minimum absolute atomic E-state index is 0.0317. The van der Waals surface area contributed by atoms with Gasteiger partial charge in [-0.05, 0) is 53.6 Å². The van der Waals surface area contributed by atoms with Crippen molar-refractivity contribution in [3.05, 3.63) is 93.6 Å². The quantitative estimate of drug-likeness (QED) is 0.460. The van der Waals surface area contributed by atoms with Gasteiger partial charge in [0.25, 0.3) is 0 Å². The third-order valence-corrected chi connectivity index (χ3v) is 6.98. The number of fused-ring (bicyclic) bond motifs is 3. The summed E-state index contributed by atoms with van der Waals surface area (Å²) in [4.78, 5) is 19.4. The van der Waals surface area contributed by atoms with Crippen molar-refractivity contribution in [3.63, 3.8) is 0 Å². The molecule has 0 saturated heterocycles. The second kappa shape index (κ2) is 6.64. The van der Waals surface area contributed by atoms with Gasteiger partial charge in [-0.3, -0.25) is 9.36 Å². The molecule has 0 radical (unpaired) electrons. The minimum Gasteiger partial charge on any atom is -0.329 e. The molecule has 1 aliphatic carbocycles. The van der Waals surface area contributed by atoms with Gasteiger partial charge in [0.15, 0.2) is 5.78 Å². The monoisotopic (exact) mass is 415 g/mol. The van der Waals surface area contributed by atoms with Crippen LogP contribution in [0.3, 0.4) is 0 Å². The second-order valence-corrected chi connectivity index (χ2v) is 8.79. The number of para-hydroxylation sites is 2. The Kier molecular flexibility index (Phi) is 3.89. The number of imidazole rings is 1. The summed E-state index contributed by atoms with van der Waals surface area (Å²) in [5.41, 5.74) is 4.67. The number of thiophene rings is 1. The molecule has 30 heavy (non-hydrogen) atoms. The van der Waals surface area contributed by atoms with Gasteiger partial charge in [0.2, 0.25) is 5.95 Å². The van der Waals surface area contributed by atoms with Crippen molar-refractivity contribution >= 4 is 34.1 Å². The molecule has 0 unspecified atom stereocenters. The molecule has 6 rings (SSSR count). The fourth-order valence-corrected chi connectivity index (χ4v) is 5.54. The first-order valence-corrected chi connectivity index (χ1v) is 10.9. The van der Waals surface area contributed by atoms with Crippen molar-refractivity contribution in [1.29, 1.82) is 0 Å². The van der Waals surface area contributed by atoms with Crippen molar-refractivity contribution in [1.82, 2.24) is 9.55 Å². The highest BCUT2D eigenvalue weighted by Gasteiger charge is 2.39. The fourth-order valence-electron chi connectivity index (χ4n) is 4.71. The summed E-state index contributed by atoms with van der Waals surface area (Å²) >= 11 is 1.66. The van der Waals surface area contributed by atoms with Gasteiger partial charge < -0.3 is 5.32 Å². The average Bonchev–Trinajstić information content (AvgIpc) is 3.40. The SMILES string of the molecule is O=C1C[C@@H](c2ccc(F)cc2)CC2=C1[C@H](c1cccs1)n1c(nc3ccccc31)N2. The molecule has 1 aliphatic heterocycles. The molecular weight excluding hydrogens is 397 g/mol. The molecule has 6 heteroatoms. The predicted molar refractivity (Wildman–Crippen MR) is 116 cm³/mol. The number of Topliss-reactive ketones (excluding diaryl/α,β-unsaturated/α-hetero) is 1. The molecule has 0 saturated carbocycles. The topological polar surface area (TPSA) is 46.9 Å². The van der Waals surface area contributed by atoms with Gasteiger partial charge in [0, 0.05) is 22.6 Å². The predicted octanol–water partition coefficient (Wildman–Crippen LogP) is 5.65. The molecule has 2 atom stereocenters. The third kappa shape index (κ3) is 2.64. The Bertz CT molecular complexity index is 1300. The summed E-state index contributed by atoms with van der Waals surface area (Å²) in [5, 5.41) is 5.51. The number of rotatable bonds is 2. The summed E-state index contributed by atoms with van der Waals surface area (Å²) in [5.74, 6) is 0.674. The van der Waals surface area contributed by atoms with Crippen LogP contribution in [0.15, 0.2) is 77.3 Å². The molecule has 2 aromatic heterocycles. The molecule has 0 amide bonds. The average molecular weight is 415 g/mol. The Labute approximate surface area is 176 Å². The molecule has 0 bridgehead atoms. The maximum atomic E-state index is 13.5. The first-order chi connectivity index (χ1) is 14.7. The molecular formula is C24H18FN3OS. The van der Waals surface area contributed by atoms with E-state index in [9.17, 15) is 9.18 Å². The van der Waals surface area contributed by atoms with Crippen molar-refractivity contribution < 1.29 is 9.18 Å². The largest absolute Gasteiger partial charge is 0.329 e. The molecule has 2 aromatic carbocycles. The zero-order valence-corrected chi connectivity index (χ0v) is 16.8. The molecule has 0 spiro atoms. The number of benzene rings is 2. The lowest BCUT2D eigenvalue weighted by Crippen LogP contribution is -2.32. The summed E-state index contributed by atoms with van der Waals surface area (Å²) in [6, 6.07) is 18.5. The van der Waals surface area contributed by atoms with Gasteiger partial charge >= 0.3 is 0 Å². The summed E-state index contributed by atoms with van der Waals surface area (Å²) in [6.07, 6.45) is 1.13. The van der Waals surface area contributed by atoms with Crippen LogP contribution in [0, 0.1) is 5.82 Å². The highest BCUT2D eigenvalue weighted by Crippen LogP contribution is 2.46. The van der Waals surface area contributed by atoms with E-state index in [0.717, 1.165) is 38.7 Å². The van der Waals surface area contributed by atoms with Crippen molar-refractivity contribution in [3.8, 4) is 0 Å². The van der Waals surface area contributed by atoms with Crippen molar-refractivity contribution in [2.24, 2.45) is 0 Å². The number of hydrogen-bond acceptors (Lipinski definition) is 4. The number of carbonyl (C=O) groups is 1. The minimum atomic E-state index is -0.261. The maximum Gasteiger partial charge on any atom is 0.209 e. The van der Waals surface area contributed by atoms with Crippen LogP contribution < -0.4 is 5.32 Å². The number of aromatic nitrogens is 2. The van der Waals surface area contributed by atoms with E-state index in [1.54, 1.807) is 23.5 Å². The third-order valence-electron chi connectivity index (χ3n) is 6.05.